The van der Waals surface area contributed by atoms with Gasteiger partial charge in [0.25, 0.3) is 0 Å². The monoisotopic (exact) mass is 817 g/mol. The van der Waals surface area contributed by atoms with Crippen molar-refractivity contribution in [3.63, 3.8) is 0 Å². The number of methoxy groups -OCH3 is 1. The summed E-state index contributed by atoms with van der Waals surface area (Å²) in [5, 5.41) is 10.2. The number of nitrogens with one attached hydrogen (secondary N) is 3. The maximum absolute atomic E-state index is 12.9. The molecule has 2 amide bonds. The number of halogens is 1. The summed E-state index contributed by atoms with van der Waals surface area (Å²) in [6.07, 6.45) is 4.10. The minimum atomic E-state index is -2.56. The molecular formula is C38H57ClN9O7P. The molecule has 3 aromatic rings. The third-order valence-electron chi connectivity index (χ3n) is 8.97. The lowest BCUT2D eigenvalue weighted by atomic mass is 10.1. The fourth-order valence-electron chi connectivity index (χ4n) is 5.88. The van der Waals surface area contributed by atoms with E-state index in [1.807, 2.05) is 47.4 Å². The molecule has 4 rings (SSSR count). The van der Waals surface area contributed by atoms with Gasteiger partial charge in [0, 0.05) is 49.8 Å². The molecule has 308 valence electrons. The molecule has 1 atom stereocenters. The van der Waals surface area contributed by atoms with Crippen molar-refractivity contribution in [3.8, 4) is 5.75 Å². The van der Waals surface area contributed by atoms with Crippen molar-refractivity contribution in [1.29, 1.82) is 0 Å². The van der Waals surface area contributed by atoms with Gasteiger partial charge in [0.1, 0.15) is 17.9 Å². The Morgan fingerprint density at radius 1 is 0.929 bits per heavy atom. The second-order valence-electron chi connectivity index (χ2n) is 13.5. The van der Waals surface area contributed by atoms with Crippen LogP contribution in [0.1, 0.15) is 25.7 Å². The number of ether oxygens (including phenoxy) is 4. The number of aromatic nitrogens is 2. The average molecular weight is 818 g/mol. The van der Waals surface area contributed by atoms with Crippen LogP contribution in [-0.4, -0.2) is 132 Å². The zero-order valence-electron chi connectivity index (χ0n) is 32.6. The number of hydrogen-bond donors (Lipinski definition) is 5. The van der Waals surface area contributed by atoms with E-state index in [0.29, 0.717) is 131 Å². The zero-order chi connectivity index (χ0) is 40.3. The van der Waals surface area contributed by atoms with Crippen LogP contribution < -0.4 is 42.4 Å². The van der Waals surface area contributed by atoms with Gasteiger partial charge in [-0.05, 0) is 57.0 Å². The van der Waals surface area contributed by atoms with E-state index in [9.17, 15) is 14.2 Å². The van der Waals surface area contributed by atoms with Crippen molar-refractivity contribution in [3.05, 3.63) is 53.7 Å². The first-order valence-electron chi connectivity index (χ1n) is 18.9. The molecule has 0 aliphatic carbocycles. The van der Waals surface area contributed by atoms with E-state index >= 15 is 0 Å². The van der Waals surface area contributed by atoms with Gasteiger partial charge in [-0.15, -0.1) is 0 Å². The number of carbonyl (C=O) groups excluding carboxylic acids is 2. The molecule has 1 aliphatic heterocycles. The summed E-state index contributed by atoms with van der Waals surface area (Å²) < 4.78 is 35.2. The van der Waals surface area contributed by atoms with Gasteiger partial charge in [-0.25, -0.2) is 4.98 Å². The van der Waals surface area contributed by atoms with E-state index in [1.54, 1.807) is 20.4 Å². The second-order valence-corrected chi connectivity index (χ2v) is 17.1. The van der Waals surface area contributed by atoms with Crippen LogP contribution in [-0.2, 0) is 28.4 Å². The number of rotatable bonds is 24. The van der Waals surface area contributed by atoms with Gasteiger partial charge in [0.05, 0.1) is 76.8 Å². The fraction of sp³-hybridized carbons (Fsp3) is 0.526. The van der Waals surface area contributed by atoms with Gasteiger partial charge in [0.2, 0.25) is 17.8 Å². The number of benzene rings is 2. The molecule has 16 nitrogen and oxygen atoms in total. The smallest absolute Gasteiger partial charge is 0.236 e. The Balaban J connectivity index is 1.12. The van der Waals surface area contributed by atoms with E-state index in [-0.39, 0.29) is 11.8 Å². The highest BCUT2D eigenvalue weighted by molar-refractivity contribution is 7.70. The van der Waals surface area contributed by atoms with E-state index in [0.717, 1.165) is 18.5 Å². The van der Waals surface area contributed by atoms with Crippen LogP contribution in [0.2, 0.25) is 5.02 Å². The standard InChI is InChI=1S/C38H57ClN9O7P/c1-52-33-26-28(11-12-31(33)45-38-43-27-29(39)36(46-38)44-32-9-4-5-10-34(32)56(2,3)51)47-16-18-48(19-17-47)35(49)13-20-53-22-24-55-25-23-54-21-15-42-37(50)30(41)8-6-7-14-40/h4-5,9-12,26-27,30H,6-8,13-25,40-41H2,1-3H3,(H,42,50)(H2,43,44,45,46)/t30-/m0/s1. The Hall–Kier alpha value is -4.02. The number of amides is 2. The third-order valence-corrected chi connectivity index (χ3v) is 10.8. The van der Waals surface area contributed by atoms with Crippen LogP contribution in [0.3, 0.4) is 0 Å². The number of nitrogens with two attached hydrogens (primary N) is 2. The number of unbranched alkanes of at least 4 members (excludes halogenated alkanes) is 1. The van der Waals surface area contributed by atoms with Gasteiger partial charge in [-0.2, -0.15) is 4.98 Å². The van der Waals surface area contributed by atoms with Crippen molar-refractivity contribution in [2.75, 3.05) is 115 Å². The summed E-state index contributed by atoms with van der Waals surface area (Å²) in [4.78, 5) is 37.8. The Kier molecular flexibility index (Phi) is 18.6. The first-order valence-corrected chi connectivity index (χ1v) is 21.9. The highest BCUT2D eigenvalue weighted by atomic mass is 35.5. The summed E-state index contributed by atoms with van der Waals surface area (Å²) in [7, 11) is -0.958. The van der Waals surface area contributed by atoms with E-state index in [2.05, 4.69) is 30.8 Å². The van der Waals surface area contributed by atoms with Gasteiger partial charge >= 0.3 is 0 Å². The van der Waals surface area contributed by atoms with Crippen molar-refractivity contribution < 1.29 is 33.1 Å². The van der Waals surface area contributed by atoms with Gasteiger partial charge in [-0.3, -0.25) is 9.59 Å². The van der Waals surface area contributed by atoms with Crippen LogP contribution in [0.15, 0.2) is 48.7 Å². The summed E-state index contributed by atoms with van der Waals surface area (Å²) in [6.45, 7) is 9.23. The zero-order valence-corrected chi connectivity index (χ0v) is 34.3. The van der Waals surface area contributed by atoms with Crippen LogP contribution in [0.25, 0.3) is 0 Å². The highest BCUT2D eigenvalue weighted by Gasteiger charge is 2.22. The first-order chi connectivity index (χ1) is 27.0. The third kappa shape index (κ3) is 14.5. The Labute approximate surface area is 334 Å². The van der Waals surface area contributed by atoms with Gasteiger partial charge in [0.15, 0.2) is 5.82 Å². The van der Waals surface area contributed by atoms with Crippen molar-refractivity contribution in [1.82, 2.24) is 20.2 Å². The number of carbonyl (C=O) groups is 2. The molecule has 0 radical (unpaired) electrons. The summed E-state index contributed by atoms with van der Waals surface area (Å²) in [5.74, 6) is 1.15. The molecule has 2 aromatic carbocycles. The molecule has 2 heterocycles. The largest absolute Gasteiger partial charge is 0.494 e. The number of para-hydroxylation sites is 1. The summed E-state index contributed by atoms with van der Waals surface area (Å²) in [5.41, 5.74) is 13.6. The predicted octanol–water partition coefficient (Wildman–Crippen LogP) is 3.53. The minimum Gasteiger partial charge on any atom is -0.494 e. The number of nitrogens with zero attached hydrogens (tertiary/aromatic N) is 4. The summed E-state index contributed by atoms with van der Waals surface area (Å²) >= 11 is 6.44. The van der Waals surface area contributed by atoms with E-state index in [1.165, 1.54) is 6.20 Å². The number of hydrogen-bond acceptors (Lipinski definition) is 14. The highest BCUT2D eigenvalue weighted by Crippen LogP contribution is 2.39. The quantitative estimate of drug-likeness (QED) is 0.0648. The van der Waals surface area contributed by atoms with Crippen molar-refractivity contribution >= 4 is 64.7 Å². The molecular weight excluding hydrogens is 761 g/mol. The van der Waals surface area contributed by atoms with Crippen LogP contribution in [0, 0.1) is 0 Å². The van der Waals surface area contributed by atoms with Gasteiger partial charge < -0.3 is 60.7 Å². The van der Waals surface area contributed by atoms with Crippen LogP contribution >= 0.6 is 18.7 Å². The fourth-order valence-corrected chi connectivity index (χ4v) is 7.18. The molecule has 1 fully saturated rings. The normalized spacial score (nSPS) is 13.7. The molecule has 0 bridgehead atoms. The molecule has 18 heteroatoms. The Bertz CT molecular complexity index is 1740. The van der Waals surface area contributed by atoms with E-state index in [4.69, 9.17) is 42.0 Å². The molecule has 0 unspecified atom stereocenters. The molecule has 0 spiro atoms. The first kappa shape index (κ1) is 44.7. The van der Waals surface area contributed by atoms with Gasteiger partial charge in [-0.1, -0.05) is 30.2 Å². The lowest BCUT2D eigenvalue weighted by Crippen LogP contribution is -2.49. The Morgan fingerprint density at radius 3 is 2.32 bits per heavy atom. The number of piperazine rings is 1. The number of anilines is 5. The van der Waals surface area contributed by atoms with E-state index < -0.39 is 13.2 Å². The molecule has 56 heavy (non-hydrogen) atoms. The lowest BCUT2D eigenvalue weighted by Gasteiger charge is -2.36. The lowest BCUT2D eigenvalue weighted by molar-refractivity contribution is -0.132. The Morgan fingerprint density at radius 2 is 1.62 bits per heavy atom. The molecule has 1 aromatic heterocycles. The maximum atomic E-state index is 12.9. The van der Waals surface area contributed by atoms with Crippen molar-refractivity contribution in [2.24, 2.45) is 11.5 Å². The van der Waals surface area contributed by atoms with Crippen LogP contribution in [0.5, 0.6) is 5.75 Å². The van der Waals surface area contributed by atoms with Crippen LogP contribution in [0.4, 0.5) is 28.8 Å². The predicted molar refractivity (Wildman–Crippen MR) is 222 cm³/mol. The average Bonchev–Trinajstić information content (AvgIpc) is 3.19. The SMILES string of the molecule is COc1cc(N2CCN(C(=O)CCOCCOCCOCCNC(=O)[C@@H](N)CCCCN)CC2)ccc1Nc1ncc(Cl)c(Nc2ccccc2P(C)(C)=O)n1. The topological polar surface area (TPSA) is 209 Å². The maximum Gasteiger partial charge on any atom is 0.236 e. The molecule has 1 saturated heterocycles. The minimum absolute atomic E-state index is 0.0541. The molecule has 7 N–H and O–H groups in total. The molecule has 0 saturated carbocycles. The summed E-state index contributed by atoms with van der Waals surface area (Å²) in [6, 6.07) is 12.7. The second kappa shape index (κ2) is 23.3. The van der Waals surface area contributed by atoms with Crippen molar-refractivity contribution in [2.45, 2.75) is 31.7 Å². The molecule has 1 aliphatic rings.